The van der Waals surface area contributed by atoms with Gasteiger partial charge in [-0.1, -0.05) is 0 Å². The van der Waals surface area contributed by atoms with Gasteiger partial charge in [0.05, 0.1) is 14.6 Å². The molecule has 0 fully saturated rings. The summed E-state index contributed by atoms with van der Waals surface area (Å²) in [7, 11) is 0. The quantitative estimate of drug-likeness (QED) is 0.336. The average molecular weight is 499 g/mol. The van der Waals surface area contributed by atoms with Gasteiger partial charge in [0.25, 0.3) is 0 Å². The summed E-state index contributed by atoms with van der Waals surface area (Å²) in [4.78, 5) is 3.16. The van der Waals surface area contributed by atoms with Crippen LogP contribution in [-0.4, -0.2) is 39.6 Å². The molecule has 6 nitrogen and oxygen atoms in total. The summed E-state index contributed by atoms with van der Waals surface area (Å²) in [5, 5.41) is 6.05. The molecule has 1 aromatic carbocycles. The lowest BCUT2D eigenvalue weighted by atomic mass is 10.0. The van der Waals surface area contributed by atoms with Gasteiger partial charge in [-0.25, -0.2) is 0 Å². The van der Waals surface area contributed by atoms with Crippen LogP contribution in [0.1, 0.15) is 0 Å². The number of benzene rings is 1. The van der Waals surface area contributed by atoms with Gasteiger partial charge in [-0.05, 0) is 34.9 Å². The van der Waals surface area contributed by atoms with E-state index in [9.17, 15) is 0 Å². The van der Waals surface area contributed by atoms with Gasteiger partial charge < -0.3 is 28.4 Å². The highest BCUT2D eigenvalue weighted by Gasteiger charge is 2.26. The minimum absolute atomic E-state index is 0.552. The Kier molecular flexibility index (Phi) is 4.66. The number of hydrogen-bond donors (Lipinski definition) is 0. The number of rotatable bonds is 3. The van der Waals surface area contributed by atoms with Crippen molar-refractivity contribution in [2.24, 2.45) is 0 Å². The summed E-state index contributed by atoms with van der Waals surface area (Å²) < 4.78 is 35.4. The van der Waals surface area contributed by atoms with Crippen LogP contribution in [0.4, 0.5) is 0 Å². The van der Waals surface area contributed by atoms with E-state index in [1.807, 2.05) is 16.1 Å². The van der Waals surface area contributed by atoms with Gasteiger partial charge in [-0.2, -0.15) is 0 Å². The van der Waals surface area contributed by atoms with E-state index >= 15 is 0 Å². The first-order chi connectivity index (χ1) is 16.3. The number of fused-ring (bicyclic) bond motifs is 3. The summed E-state index contributed by atoms with van der Waals surface area (Å²) in [6.45, 7) is 3.38. The van der Waals surface area contributed by atoms with Gasteiger partial charge in [-0.15, -0.1) is 34.0 Å². The molecular formula is C24H18O6S3. The molecule has 3 aliphatic heterocycles. The Hall–Kier alpha value is -2.88. The highest BCUT2D eigenvalue weighted by atomic mass is 32.1. The minimum Gasteiger partial charge on any atom is -0.485 e. The molecule has 0 amide bonds. The summed E-state index contributed by atoms with van der Waals surface area (Å²) in [5.74, 6) is 4.87. The Morgan fingerprint density at radius 3 is 1.06 bits per heavy atom. The molecular weight excluding hydrogens is 480 g/mol. The van der Waals surface area contributed by atoms with Crippen molar-refractivity contribution in [1.29, 1.82) is 0 Å². The zero-order valence-electron chi connectivity index (χ0n) is 17.4. The van der Waals surface area contributed by atoms with E-state index in [1.54, 1.807) is 34.0 Å². The van der Waals surface area contributed by atoms with Crippen molar-refractivity contribution in [3.05, 3.63) is 34.3 Å². The maximum absolute atomic E-state index is 5.99. The van der Waals surface area contributed by atoms with E-state index in [2.05, 4.69) is 18.2 Å². The molecule has 4 aromatic rings. The monoisotopic (exact) mass is 498 g/mol. The highest BCUT2D eigenvalue weighted by Crippen LogP contribution is 2.52. The SMILES string of the molecule is c1c(-c2scc3c2OCCO3)cc(-c2scc3c2OCCO3)cc1-c1scc2c1OCCO2. The van der Waals surface area contributed by atoms with E-state index in [4.69, 9.17) is 28.4 Å². The van der Waals surface area contributed by atoms with Crippen LogP contribution in [0.3, 0.4) is 0 Å². The number of thiophene rings is 3. The molecule has 0 saturated heterocycles. The van der Waals surface area contributed by atoms with Crippen molar-refractivity contribution >= 4 is 34.0 Å². The van der Waals surface area contributed by atoms with Crippen molar-refractivity contribution in [2.45, 2.75) is 0 Å². The van der Waals surface area contributed by atoms with Crippen LogP contribution in [0.25, 0.3) is 31.3 Å². The summed E-state index contributed by atoms with van der Waals surface area (Å²) in [5.41, 5.74) is 3.20. The van der Waals surface area contributed by atoms with Gasteiger partial charge in [0.15, 0.2) is 34.5 Å². The summed E-state index contributed by atoms with van der Waals surface area (Å²) >= 11 is 4.90. The summed E-state index contributed by atoms with van der Waals surface area (Å²) in [6.07, 6.45) is 0. The zero-order valence-corrected chi connectivity index (χ0v) is 19.8. The second kappa shape index (κ2) is 7.86. The van der Waals surface area contributed by atoms with E-state index < -0.39 is 0 Å². The van der Waals surface area contributed by atoms with Crippen molar-refractivity contribution in [1.82, 2.24) is 0 Å². The number of ether oxygens (including phenoxy) is 6. The molecule has 0 radical (unpaired) electrons. The molecule has 6 heterocycles. The molecule has 0 atom stereocenters. The first-order valence-electron chi connectivity index (χ1n) is 10.6. The molecule has 3 aliphatic rings. The topological polar surface area (TPSA) is 55.4 Å². The van der Waals surface area contributed by atoms with Gasteiger partial charge in [0.2, 0.25) is 0 Å². The molecule has 0 spiro atoms. The van der Waals surface area contributed by atoms with Crippen LogP contribution in [0.5, 0.6) is 34.5 Å². The maximum Gasteiger partial charge on any atom is 0.179 e. The molecule has 0 unspecified atom stereocenters. The molecule has 0 N–H and O–H groups in total. The van der Waals surface area contributed by atoms with Gasteiger partial charge in [0.1, 0.15) is 39.6 Å². The Labute approximate surface area is 201 Å². The molecule has 0 bridgehead atoms. The van der Waals surface area contributed by atoms with E-state index in [0.29, 0.717) is 39.6 Å². The lowest BCUT2D eigenvalue weighted by Crippen LogP contribution is -2.14. The third-order valence-corrected chi connectivity index (χ3v) is 8.59. The fraction of sp³-hybridized carbons (Fsp3) is 0.250. The van der Waals surface area contributed by atoms with Gasteiger partial charge in [-0.3, -0.25) is 0 Å². The van der Waals surface area contributed by atoms with Crippen molar-refractivity contribution in [3.8, 4) is 65.8 Å². The predicted octanol–water partition coefficient (Wildman–Crippen LogP) is 6.19. The molecule has 168 valence electrons. The molecule has 9 heteroatoms. The molecule has 33 heavy (non-hydrogen) atoms. The average Bonchev–Trinajstić information content (AvgIpc) is 3.60. The largest absolute Gasteiger partial charge is 0.485 e. The minimum atomic E-state index is 0.552. The Bertz CT molecular complexity index is 1180. The zero-order chi connectivity index (χ0) is 21.8. The van der Waals surface area contributed by atoms with E-state index in [0.717, 1.165) is 65.8 Å². The fourth-order valence-electron chi connectivity index (χ4n) is 4.21. The molecule has 3 aromatic heterocycles. The normalized spacial score (nSPS) is 16.0. The smallest absolute Gasteiger partial charge is 0.179 e. The van der Waals surface area contributed by atoms with Crippen LogP contribution < -0.4 is 28.4 Å². The molecule has 0 aliphatic carbocycles. The first-order valence-corrected chi connectivity index (χ1v) is 13.3. The van der Waals surface area contributed by atoms with Crippen molar-refractivity contribution in [2.75, 3.05) is 39.6 Å². The van der Waals surface area contributed by atoms with Crippen LogP contribution in [0.15, 0.2) is 34.3 Å². The lowest BCUT2D eigenvalue weighted by Gasteiger charge is -2.19. The van der Waals surface area contributed by atoms with Crippen LogP contribution >= 0.6 is 34.0 Å². The fourth-order valence-corrected chi connectivity index (χ4v) is 6.97. The van der Waals surface area contributed by atoms with Crippen molar-refractivity contribution in [3.63, 3.8) is 0 Å². The Balaban J connectivity index is 1.42. The van der Waals surface area contributed by atoms with Gasteiger partial charge >= 0.3 is 0 Å². The number of hydrogen-bond acceptors (Lipinski definition) is 9. The first kappa shape index (κ1) is 19.6. The Morgan fingerprint density at radius 1 is 0.424 bits per heavy atom. The van der Waals surface area contributed by atoms with Crippen LogP contribution in [0, 0.1) is 0 Å². The van der Waals surface area contributed by atoms with Crippen molar-refractivity contribution < 1.29 is 28.4 Å². The predicted molar refractivity (Wildman–Crippen MR) is 129 cm³/mol. The second-order valence-electron chi connectivity index (χ2n) is 7.66. The standard InChI is InChI=1S/C24H18O6S3/c1-4-28-19-16(25-1)10-31-22(19)13-7-14(23-20-17(11-32-23)26-2-5-29-20)9-15(8-13)24-21-18(12-33-24)27-3-6-30-21/h7-12H,1-6H2. The third kappa shape index (κ3) is 3.25. The Morgan fingerprint density at radius 2 is 0.727 bits per heavy atom. The van der Waals surface area contributed by atoms with Crippen LogP contribution in [-0.2, 0) is 0 Å². The van der Waals surface area contributed by atoms with Crippen LogP contribution in [0.2, 0.25) is 0 Å². The molecule has 7 rings (SSSR count). The molecule has 0 saturated carbocycles. The second-order valence-corrected chi connectivity index (χ2v) is 10.3. The maximum atomic E-state index is 5.99. The van der Waals surface area contributed by atoms with Gasteiger partial charge in [0, 0.05) is 16.1 Å². The lowest BCUT2D eigenvalue weighted by molar-refractivity contribution is 0.174. The highest BCUT2D eigenvalue weighted by molar-refractivity contribution is 7.15. The van der Waals surface area contributed by atoms with E-state index in [1.165, 1.54) is 0 Å². The van der Waals surface area contributed by atoms with E-state index in [-0.39, 0.29) is 0 Å². The summed E-state index contributed by atoms with van der Waals surface area (Å²) in [6, 6.07) is 6.57. The third-order valence-electron chi connectivity index (χ3n) is 5.62.